The first kappa shape index (κ1) is 15.5. The topological polar surface area (TPSA) is 49.4 Å². The third-order valence-electron chi connectivity index (χ3n) is 4.53. The maximum atomic E-state index is 12.6. The molecule has 0 spiro atoms. The molecule has 2 rings (SSSR count). The van der Waals surface area contributed by atoms with Gasteiger partial charge in [0, 0.05) is 6.04 Å². The first-order chi connectivity index (χ1) is 9.97. The Hall–Kier alpha value is -1.84. The smallest absolute Gasteiger partial charge is 0.248 e. The van der Waals surface area contributed by atoms with Crippen LogP contribution in [0.1, 0.15) is 45.7 Å². The molecule has 4 unspecified atom stereocenters. The SMILES string of the molecule is CCC(C)C(C)N1C(=O)C(C)NC(=O)C1c1ccccc1. The maximum Gasteiger partial charge on any atom is 0.248 e. The van der Waals surface area contributed by atoms with Gasteiger partial charge in [-0.05, 0) is 25.3 Å². The highest BCUT2D eigenvalue weighted by atomic mass is 16.2. The van der Waals surface area contributed by atoms with Crippen molar-refractivity contribution in [3.05, 3.63) is 35.9 Å². The van der Waals surface area contributed by atoms with E-state index in [1.165, 1.54) is 0 Å². The lowest BCUT2D eigenvalue weighted by atomic mass is 9.92. The van der Waals surface area contributed by atoms with Crippen molar-refractivity contribution < 1.29 is 9.59 Å². The molecule has 4 nitrogen and oxygen atoms in total. The third-order valence-corrected chi connectivity index (χ3v) is 4.53. The molecule has 114 valence electrons. The first-order valence-electron chi connectivity index (χ1n) is 7.64. The van der Waals surface area contributed by atoms with Crippen molar-refractivity contribution >= 4 is 11.8 Å². The van der Waals surface area contributed by atoms with Crippen molar-refractivity contribution in [2.45, 2.75) is 52.2 Å². The number of hydrogen-bond donors (Lipinski definition) is 1. The van der Waals surface area contributed by atoms with E-state index in [9.17, 15) is 9.59 Å². The highest BCUT2D eigenvalue weighted by Gasteiger charge is 2.42. The predicted octanol–water partition coefficient (Wildman–Crippen LogP) is 2.51. The van der Waals surface area contributed by atoms with Crippen molar-refractivity contribution in [1.82, 2.24) is 10.2 Å². The fourth-order valence-electron chi connectivity index (χ4n) is 2.83. The highest BCUT2D eigenvalue weighted by Crippen LogP contribution is 2.30. The number of carbonyl (C=O) groups is 2. The molecule has 0 aliphatic carbocycles. The molecule has 0 aromatic heterocycles. The van der Waals surface area contributed by atoms with Crippen LogP contribution in [0.15, 0.2) is 30.3 Å². The van der Waals surface area contributed by atoms with Crippen LogP contribution in [0.5, 0.6) is 0 Å². The average molecular weight is 288 g/mol. The second-order valence-corrected chi connectivity index (χ2v) is 5.92. The molecule has 4 atom stereocenters. The lowest BCUT2D eigenvalue weighted by Crippen LogP contribution is -2.61. The number of benzene rings is 1. The van der Waals surface area contributed by atoms with Gasteiger partial charge in [-0.3, -0.25) is 9.59 Å². The molecule has 1 aromatic rings. The first-order valence-corrected chi connectivity index (χ1v) is 7.64. The molecule has 4 heteroatoms. The Morgan fingerprint density at radius 2 is 1.81 bits per heavy atom. The van der Waals surface area contributed by atoms with Crippen LogP contribution >= 0.6 is 0 Å². The summed E-state index contributed by atoms with van der Waals surface area (Å²) >= 11 is 0. The number of carbonyl (C=O) groups excluding carboxylic acids is 2. The quantitative estimate of drug-likeness (QED) is 0.925. The van der Waals surface area contributed by atoms with Gasteiger partial charge in [0.25, 0.3) is 0 Å². The summed E-state index contributed by atoms with van der Waals surface area (Å²) in [5.41, 5.74) is 0.866. The molecule has 1 aliphatic heterocycles. The Balaban J connectivity index is 2.42. The summed E-state index contributed by atoms with van der Waals surface area (Å²) in [5.74, 6) is 0.248. The van der Waals surface area contributed by atoms with Crippen LogP contribution in [0.3, 0.4) is 0 Å². The highest BCUT2D eigenvalue weighted by molar-refractivity contribution is 5.97. The molecule has 1 fully saturated rings. The maximum absolute atomic E-state index is 12.6. The largest absolute Gasteiger partial charge is 0.342 e. The predicted molar refractivity (Wildman–Crippen MR) is 82.6 cm³/mol. The molecule has 21 heavy (non-hydrogen) atoms. The van der Waals surface area contributed by atoms with Crippen LogP contribution in [0.4, 0.5) is 0 Å². The molecular formula is C17H24N2O2. The Morgan fingerprint density at radius 1 is 1.19 bits per heavy atom. The molecule has 1 N–H and O–H groups in total. The zero-order chi connectivity index (χ0) is 15.6. The molecule has 1 aromatic carbocycles. The molecule has 1 saturated heterocycles. The third kappa shape index (κ3) is 2.94. The summed E-state index contributed by atoms with van der Waals surface area (Å²) in [6.45, 7) is 8.01. The Morgan fingerprint density at radius 3 is 2.38 bits per heavy atom. The zero-order valence-corrected chi connectivity index (χ0v) is 13.2. The van der Waals surface area contributed by atoms with Gasteiger partial charge >= 0.3 is 0 Å². The summed E-state index contributed by atoms with van der Waals surface area (Å²) in [4.78, 5) is 26.9. The molecular weight excluding hydrogens is 264 g/mol. The van der Waals surface area contributed by atoms with Gasteiger partial charge in [-0.15, -0.1) is 0 Å². The van der Waals surface area contributed by atoms with Gasteiger partial charge in [-0.25, -0.2) is 0 Å². The van der Waals surface area contributed by atoms with E-state index in [2.05, 4.69) is 19.2 Å². The van der Waals surface area contributed by atoms with E-state index >= 15 is 0 Å². The van der Waals surface area contributed by atoms with Crippen molar-refractivity contribution in [2.75, 3.05) is 0 Å². The van der Waals surface area contributed by atoms with Gasteiger partial charge in [0.1, 0.15) is 12.1 Å². The minimum atomic E-state index is -0.529. The fourth-order valence-corrected chi connectivity index (χ4v) is 2.83. The van der Waals surface area contributed by atoms with E-state index in [1.54, 1.807) is 11.8 Å². The summed E-state index contributed by atoms with van der Waals surface area (Å²) < 4.78 is 0. The minimum absolute atomic E-state index is 0.00347. The number of amides is 2. The number of piperazine rings is 1. The van der Waals surface area contributed by atoms with E-state index in [1.807, 2.05) is 37.3 Å². The van der Waals surface area contributed by atoms with Crippen LogP contribution in [-0.4, -0.2) is 28.8 Å². The monoisotopic (exact) mass is 288 g/mol. The zero-order valence-electron chi connectivity index (χ0n) is 13.2. The van der Waals surface area contributed by atoms with Crippen molar-refractivity contribution in [1.29, 1.82) is 0 Å². The van der Waals surface area contributed by atoms with Gasteiger partial charge in [-0.2, -0.15) is 0 Å². The van der Waals surface area contributed by atoms with Gasteiger partial charge < -0.3 is 10.2 Å². The summed E-state index contributed by atoms with van der Waals surface area (Å²) in [5, 5.41) is 2.79. The van der Waals surface area contributed by atoms with Crippen LogP contribution < -0.4 is 5.32 Å². The van der Waals surface area contributed by atoms with Gasteiger partial charge in [-0.1, -0.05) is 50.6 Å². The fraction of sp³-hybridized carbons (Fsp3) is 0.529. The Bertz CT molecular complexity index is 515. The van der Waals surface area contributed by atoms with Gasteiger partial charge in [0.05, 0.1) is 0 Å². The van der Waals surface area contributed by atoms with Crippen molar-refractivity contribution in [3.8, 4) is 0 Å². The van der Waals surface area contributed by atoms with Crippen LogP contribution in [0, 0.1) is 5.92 Å². The van der Waals surface area contributed by atoms with Gasteiger partial charge in [0.15, 0.2) is 0 Å². The minimum Gasteiger partial charge on any atom is -0.342 e. The van der Waals surface area contributed by atoms with E-state index in [0.717, 1.165) is 12.0 Å². The number of nitrogens with zero attached hydrogens (tertiary/aromatic N) is 1. The van der Waals surface area contributed by atoms with Gasteiger partial charge in [0.2, 0.25) is 11.8 Å². The standard InChI is InChI=1S/C17H24N2O2/c1-5-11(2)13(4)19-15(14-9-7-6-8-10-14)16(20)18-12(3)17(19)21/h6-13,15H,5H2,1-4H3,(H,18,20). The van der Waals surface area contributed by atoms with Crippen LogP contribution in [0.2, 0.25) is 0 Å². The van der Waals surface area contributed by atoms with E-state index < -0.39 is 12.1 Å². The van der Waals surface area contributed by atoms with E-state index in [0.29, 0.717) is 5.92 Å². The Kier molecular flexibility index (Phi) is 4.66. The summed E-state index contributed by atoms with van der Waals surface area (Å²) in [6.07, 6.45) is 0.975. The number of nitrogens with one attached hydrogen (secondary N) is 1. The number of hydrogen-bond acceptors (Lipinski definition) is 2. The molecule has 1 aliphatic rings. The lowest BCUT2D eigenvalue weighted by molar-refractivity contribution is -0.152. The van der Waals surface area contributed by atoms with Crippen LogP contribution in [0.25, 0.3) is 0 Å². The summed E-state index contributed by atoms with van der Waals surface area (Å²) in [7, 11) is 0. The number of rotatable bonds is 4. The average Bonchev–Trinajstić information content (AvgIpc) is 2.49. The Labute approximate surface area is 126 Å². The van der Waals surface area contributed by atoms with E-state index in [-0.39, 0.29) is 17.9 Å². The second-order valence-electron chi connectivity index (χ2n) is 5.92. The normalized spacial score (nSPS) is 25.4. The molecule has 2 amide bonds. The molecule has 0 radical (unpaired) electrons. The van der Waals surface area contributed by atoms with Crippen molar-refractivity contribution in [2.24, 2.45) is 5.92 Å². The van der Waals surface area contributed by atoms with Crippen molar-refractivity contribution in [3.63, 3.8) is 0 Å². The summed E-state index contributed by atoms with van der Waals surface area (Å²) in [6, 6.07) is 8.57. The van der Waals surface area contributed by atoms with E-state index in [4.69, 9.17) is 0 Å². The molecule has 1 heterocycles. The molecule has 0 bridgehead atoms. The second kappa shape index (κ2) is 6.29. The lowest BCUT2D eigenvalue weighted by Gasteiger charge is -2.43. The van der Waals surface area contributed by atoms with Crippen LogP contribution in [-0.2, 0) is 9.59 Å². The molecule has 0 saturated carbocycles.